The maximum absolute atomic E-state index is 12.1. The first kappa shape index (κ1) is 79.4. The quantitative estimate of drug-likeness (QED) is 0.0902. The number of aliphatic hydroxyl groups excluding tert-OH is 4. The summed E-state index contributed by atoms with van der Waals surface area (Å²) in [7, 11) is 5.96. The van der Waals surface area contributed by atoms with E-state index in [0.717, 1.165) is 0 Å². The highest BCUT2D eigenvalue weighted by atomic mass is 16.4. The van der Waals surface area contributed by atoms with E-state index in [0.29, 0.717) is 88.6 Å². The highest BCUT2D eigenvalue weighted by Gasteiger charge is 2.53. The van der Waals surface area contributed by atoms with E-state index in [4.69, 9.17) is 22.9 Å². The van der Waals surface area contributed by atoms with Crippen LogP contribution in [0.3, 0.4) is 0 Å². The number of likely N-dealkylation sites (N-methyl/N-ethyl adjacent to an activating group) is 4. The zero-order valence-electron chi connectivity index (χ0n) is 62.1. The van der Waals surface area contributed by atoms with Crippen LogP contribution in [0.5, 0.6) is 0 Å². The molecule has 32 nitrogen and oxygen atoms in total. The third kappa shape index (κ3) is 15.0. The number of hydrogen-bond acceptors (Lipinski definition) is 20. The second-order valence-corrected chi connectivity index (χ2v) is 27.6. The molecule has 0 radical (unpaired) electrons. The molecule has 4 fully saturated rings. The first-order valence-corrected chi connectivity index (χ1v) is 35.5. The average molecular weight is 1560 g/mol. The molecule has 0 unspecified atom stereocenters. The van der Waals surface area contributed by atoms with Crippen LogP contribution in [0.1, 0.15) is 64.2 Å². The predicted molar refractivity (Wildman–Crippen MR) is 420 cm³/mol. The molecule has 8 amide bonds. The fourth-order valence-corrected chi connectivity index (χ4v) is 13.5. The summed E-state index contributed by atoms with van der Waals surface area (Å²) in [4.78, 5) is 100. The van der Waals surface area contributed by atoms with Crippen molar-refractivity contribution in [1.29, 1.82) is 0 Å². The maximum Gasteiger partial charge on any atom is 0.269 e. The minimum Gasteiger partial charge on any atom is -0.387 e. The molecule has 8 heterocycles. The summed E-state index contributed by atoms with van der Waals surface area (Å²) in [5.74, 6) is 16.0. The lowest BCUT2D eigenvalue weighted by Crippen LogP contribution is -2.44. The molecule has 4 aromatic heterocycles. The number of carbonyl (C=O) groups is 8. The van der Waals surface area contributed by atoms with Crippen LogP contribution in [0, 0.1) is 47.4 Å². The van der Waals surface area contributed by atoms with Gasteiger partial charge in [-0.15, -0.1) is 0 Å². The molecule has 16 N–H and O–H groups in total. The third-order valence-corrected chi connectivity index (χ3v) is 19.6. The molecule has 584 valence electrons. The van der Waals surface area contributed by atoms with E-state index in [1.165, 1.54) is 47.8 Å². The summed E-state index contributed by atoms with van der Waals surface area (Å²) in [6, 6.07) is 56.6. The van der Waals surface area contributed by atoms with Crippen molar-refractivity contribution in [3.8, 4) is 70.1 Å². The SMILES string of the molecule is CN1C[C@@H](O)[C@@](O)(C#Cc2cccc(-n3nc(C(N)=O)c4ccccc43)c2)C1=O.CN1C[C@@H](O)[C@](O)(C#Cc2cccc(-n3nc(C(N)=O)c4ccccc43)c2)C1=O.CN1C[C@H](O)[C@@](O)(C#Cc2cccc(-n3nc(C(N)=O)c4ccccc43)c2)C1=O.CN1C[C@H](O)[C@](O)(C#Cc2cccc(-n3nc(C(N)=O)c4ccccc43)c2)C1=O. The van der Waals surface area contributed by atoms with Crippen LogP contribution in [0.25, 0.3) is 66.4 Å². The van der Waals surface area contributed by atoms with Crippen LogP contribution in [0.15, 0.2) is 194 Å². The Morgan fingerprint density at radius 1 is 0.319 bits per heavy atom. The van der Waals surface area contributed by atoms with E-state index >= 15 is 0 Å². The zero-order chi connectivity index (χ0) is 83.0. The third-order valence-electron chi connectivity index (χ3n) is 19.6. The molecule has 32 heteroatoms. The van der Waals surface area contributed by atoms with Crippen molar-refractivity contribution in [3.63, 3.8) is 0 Å². The van der Waals surface area contributed by atoms with Gasteiger partial charge in [-0.1, -0.05) is 121 Å². The summed E-state index contributed by atoms with van der Waals surface area (Å²) >= 11 is 0. The average Bonchev–Trinajstić information content (AvgIpc) is 1.63. The van der Waals surface area contributed by atoms with E-state index in [9.17, 15) is 79.2 Å². The van der Waals surface area contributed by atoms with Gasteiger partial charge in [-0.05, 0) is 121 Å². The normalized spacial score (nSPS) is 21.3. The molecule has 8 aromatic carbocycles. The highest BCUT2D eigenvalue weighted by Crippen LogP contribution is 2.31. The Kier molecular flexibility index (Phi) is 21.5. The molecular weight excluding hydrogens is 1490 g/mol. The minimum absolute atomic E-state index is 0.0131. The Bertz CT molecular complexity index is 5580. The summed E-state index contributed by atoms with van der Waals surface area (Å²) in [6.07, 6.45) is -5.15. The van der Waals surface area contributed by atoms with Gasteiger partial charge in [0.15, 0.2) is 22.8 Å². The van der Waals surface area contributed by atoms with Crippen molar-refractivity contribution in [2.75, 3.05) is 54.4 Å². The molecule has 0 aliphatic carbocycles. The number of benzene rings is 8. The number of nitrogens with zero attached hydrogens (tertiary/aromatic N) is 12. The van der Waals surface area contributed by atoms with Gasteiger partial charge in [-0.3, -0.25) is 38.4 Å². The molecular formula is C84H72N16O16. The van der Waals surface area contributed by atoms with Crippen LogP contribution < -0.4 is 22.9 Å². The lowest BCUT2D eigenvalue weighted by molar-refractivity contribution is -0.141. The molecule has 116 heavy (non-hydrogen) atoms. The number of fused-ring (bicyclic) bond motifs is 4. The number of likely N-dealkylation sites (tertiary alicyclic amines) is 4. The topological polar surface area (TPSA) is 487 Å². The van der Waals surface area contributed by atoms with Gasteiger partial charge in [-0.25, -0.2) is 18.7 Å². The van der Waals surface area contributed by atoms with Crippen LogP contribution in [-0.2, 0) is 19.2 Å². The molecule has 4 aliphatic heterocycles. The first-order valence-electron chi connectivity index (χ1n) is 35.5. The van der Waals surface area contributed by atoms with Gasteiger partial charge in [-0.2, -0.15) is 20.4 Å². The lowest BCUT2D eigenvalue weighted by atomic mass is 10.00. The molecule has 0 bridgehead atoms. The van der Waals surface area contributed by atoms with Gasteiger partial charge in [0.2, 0.25) is 22.4 Å². The Labute approximate surface area is 659 Å². The largest absolute Gasteiger partial charge is 0.387 e. The maximum atomic E-state index is 12.1. The second-order valence-electron chi connectivity index (χ2n) is 27.6. The first-order chi connectivity index (χ1) is 55.2. The summed E-state index contributed by atoms with van der Waals surface area (Å²) in [6.45, 7) is 0.0525. The zero-order valence-corrected chi connectivity index (χ0v) is 62.1. The van der Waals surface area contributed by atoms with Gasteiger partial charge in [0.05, 0.1) is 71.0 Å². The fraction of sp³-hybridized carbons (Fsp3) is 0.190. The number of nitrogens with two attached hydrogens (primary N) is 4. The van der Waals surface area contributed by atoms with E-state index in [1.54, 1.807) is 164 Å². The van der Waals surface area contributed by atoms with Crippen molar-refractivity contribution < 1.29 is 79.2 Å². The Morgan fingerprint density at radius 2 is 0.509 bits per heavy atom. The number of primary amides is 4. The lowest BCUT2D eigenvalue weighted by Gasteiger charge is -2.16. The van der Waals surface area contributed by atoms with Gasteiger partial charge >= 0.3 is 0 Å². The number of β-amino-alcohol motifs (C(OH)–C–C–N with tert-alkyl or cyclic N) is 4. The van der Waals surface area contributed by atoms with E-state index < -0.39 is 94.1 Å². The van der Waals surface area contributed by atoms with E-state index in [1.807, 2.05) is 48.5 Å². The van der Waals surface area contributed by atoms with Gasteiger partial charge < -0.3 is 83.4 Å². The van der Waals surface area contributed by atoms with Crippen LogP contribution in [0.2, 0.25) is 0 Å². The minimum atomic E-state index is -2.14. The van der Waals surface area contributed by atoms with E-state index in [2.05, 4.69) is 67.8 Å². The van der Waals surface area contributed by atoms with E-state index in [-0.39, 0.29) is 49.0 Å². The number of para-hydroxylation sites is 4. The Morgan fingerprint density at radius 3 is 0.681 bits per heavy atom. The number of aromatic nitrogens is 8. The number of amides is 8. The second kappa shape index (κ2) is 31.5. The smallest absolute Gasteiger partial charge is 0.269 e. The molecule has 12 aromatic rings. The van der Waals surface area contributed by atoms with Crippen LogP contribution in [0.4, 0.5) is 0 Å². The summed E-state index contributed by atoms with van der Waals surface area (Å²) in [5.41, 5.74) is 21.2. The van der Waals surface area contributed by atoms with Crippen LogP contribution in [-0.4, -0.2) is 248 Å². The number of rotatable bonds is 8. The highest BCUT2D eigenvalue weighted by molar-refractivity contribution is 6.07. The fourth-order valence-electron chi connectivity index (χ4n) is 13.5. The molecule has 8 atom stereocenters. The molecule has 4 saturated heterocycles. The molecule has 16 rings (SSSR count). The summed E-state index contributed by atoms with van der Waals surface area (Å²) < 4.78 is 6.33. The van der Waals surface area contributed by atoms with Gasteiger partial charge in [0.1, 0.15) is 24.4 Å². The predicted octanol–water partition coefficient (Wildman–Crippen LogP) is 0.160. The number of hydrogen-bond donors (Lipinski definition) is 12. The Hall–Kier alpha value is -14.7. The van der Waals surface area contributed by atoms with Crippen molar-refractivity contribution in [2.45, 2.75) is 46.8 Å². The monoisotopic (exact) mass is 1560 g/mol. The standard InChI is InChI=1S/4C21H18N4O4/c4*1-24-12-17(26)21(29,20(24)28)10-9-13-5-4-6-14(11-13)25-16-8-3-2-7-15(16)18(23-25)19(22)27/h4*2-8,11,17,26,29H,12H2,1H3,(H2,22,27)/t2*17-,21+;2*17-,21-/m1010/s1. The van der Waals surface area contributed by atoms with Crippen molar-refractivity contribution >= 4 is 90.9 Å². The van der Waals surface area contributed by atoms with Crippen molar-refractivity contribution in [1.82, 2.24) is 58.7 Å². The van der Waals surface area contributed by atoms with Gasteiger partial charge in [0.25, 0.3) is 47.3 Å². The van der Waals surface area contributed by atoms with Crippen molar-refractivity contribution in [3.05, 3.63) is 239 Å². The summed E-state index contributed by atoms with van der Waals surface area (Å²) in [5, 5.41) is 102. The number of carbonyl (C=O) groups excluding carboxylic acids is 8. The Balaban J connectivity index is 0.000000135. The van der Waals surface area contributed by atoms with Crippen molar-refractivity contribution in [2.24, 2.45) is 22.9 Å². The molecule has 0 spiro atoms. The van der Waals surface area contributed by atoms with Gasteiger partial charge in [0, 0.05) is 72.0 Å². The van der Waals surface area contributed by atoms with Crippen LogP contribution >= 0.6 is 0 Å². The molecule has 0 saturated carbocycles. The number of aliphatic hydroxyl groups is 8. The molecule has 4 aliphatic rings.